The molecule has 5 heteroatoms. The van der Waals surface area contributed by atoms with E-state index in [1.54, 1.807) is 0 Å². The minimum absolute atomic E-state index is 1.17. The van der Waals surface area contributed by atoms with Gasteiger partial charge < -0.3 is 9.80 Å². The van der Waals surface area contributed by atoms with Crippen LogP contribution in [0.1, 0.15) is 0 Å². The fourth-order valence-electron chi connectivity index (χ4n) is 12.2. The zero-order chi connectivity index (χ0) is 46.2. The van der Waals surface area contributed by atoms with E-state index < -0.39 is 16.1 Å². The molecule has 0 amide bonds. The summed E-state index contributed by atoms with van der Waals surface area (Å²) in [6, 6.07) is 83.2. The topological polar surface area (TPSA) is 6.48 Å². The molecule has 2 nitrogen and oxygen atoms in total. The molecule has 0 atom stereocenters. The first-order valence-electron chi connectivity index (χ1n) is 24.2. The van der Waals surface area contributed by atoms with Gasteiger partial charge in [-0.25, -0.2) is 0 Å². The van der Waals surface area contributed by atoms with Gasteiger partial charge >= 0.3 is 0 Å². The predicted molar refractivity (Wildman–Crippen MR) is 306 cm³/mol. The van der Waals surface area contributed by atoms with E-state index in [1.807, 2.05) is 11.3 Å². The Labute approximate surface area is 409 Å². The first kappa shape index (κ1) is 40.5. The van der Waals surface area contributed by atoms with E-state index in [4.69, 9.17) is 0 Å². The van der Waals surface area contributed by atoms with Gasteiger partial charge in [0.1, 0.15) is 16.1 Å². The van der Waals surface area contributed by atoms with Gasteiger partial charge in [0.2, 0.25) is 0 Å². The van der Waals surface area contributed by atoms with Gasteiger partial charge in [-0.1, -0.05) is 172 Å². The number of hydrogen-bond acceptors (Lipinski definition) is 3. The molecule has 328 valence electrons. The normalized spacial score (nSPS) is 14.6. The fourth-order valence-corrected chi connectivity index (χ4v) is 19.3. The third-order valence-electron chi connectivity index (χ3n) is 15.6. The van der Waals surface area contributed by atoms with Crippen molar-refractivity contribution in [2.75, 3.05) is 9.80 Å². The molecule has 0 radical (unpaired) electrons. The summed E-state index contributed by atoms with van der Waals surface area (Å²) in [5, 5.41) is 15.9. The summed E-state index contributed by atoms with van der Waals surface area (Å²) >= 11 is 1.88. The van der Waals surface area contributed by atoms with Crippen LogP contribution in [0.15, 0.2) is 218 Å². The van der Waals surface area contributed by atoms with E-state index in [0.717, 1.165) is 0 Å². The number of nitrogens with zero attached hydrogens (tertiary/aromatic N) is 2. The van der Waals surface area contributed by atoms with Crippen molar-refractivity contribution in [1.29, 1.82) is 0 Å². The lowest BCUT2D eigenvalue weighted by atomic mass is 9.84. The number of hydrogen-bond donors (Lipinski definition) is 0. The van der Waals surface area contributed by atoms with Gasteiger partial charge in [-0.05, 0) is 148 Å². The number of anilines is 6. The molecule has 0 fully saturated rings. The average molecular weight is 933 g/mol. The van der Waals surface area contributed by atoms with Crippen LogP contribution in [0.5, 0.6) is 0 Å². The van der Waals surface area contributed by atoms with E-state index >= 15 is 0 Å². The van der Waals surface area contributed by atoms with Crippen LogP contribution in [0.3, 0.4) is 0 Å². The van der Waals surface area contributed by atoms with Crippen LogP contribution in [0.25, 0.3) is 74.7 Å². The summed E-state index contributed by atoms with van der Waals surface area (Å²) in [6.07, 6.45) is 0. The van der Waals surface area contributed by atoms with Crippen LogP contribution in [-0.2, 0) is 0 Å². The molecule has 3 heterocycles. The zero-order valence-corrected chi connectivity index (χ0v) is 41.9. The SMILES string of the molecule is C[Si]1(C)c2ccccc2N(c2ccc3c(-c4ccc5sc6ccccc6c5c4)c4cc(N5c6ccccc6[Si](C)(C)c6ccccc65)ccc4c(-c4ccc5ccccc5c4)c3c2)c2ccccc21. The molecule has 0 N–H and O–H groups in total. The first-order valence-corrected chi connectivity index (χ1v) is 31.0. The maximum Gasteiger partial charge on any atom is 0.117 e. The molecule has 0 saturated carbocycles. The van der Waals surface area contributed by atoms with Crippen molar-refractivity contribution in [2.24, 2.45) is 0 Å². The molecule has 0 unspecified atom stereocenters. The maximum atomic E-state index is 2.54. The fraction of sp³-hybridized carbons (Fsp3) is 0.0625. The summed E-state index contributed by atoms with van der Waals surface area (Å²) < 4.78 is 2.63. The second-order valence-corrected chi connectivity index (χ2v) is 29.8. The summed E-state index contributed by atoms with van der Waals surface area (Å²) in [4.78, 5) is 5.08. The summed E-state index contributed by atoms with van der Waals surface area (Å²) in [6.45, 7) is 10.0. The van der Waals surface area contributed by atoms with Crippen LogP contribution in [0, 0.1) is 0 Å². The predicted octanol–water partition coefficient (Wildman–Crippen LogP) is 16.1. The molecule has 0 saturated heterocycles. The molecule has 1 aromatic heterocycles. The number of para-hydroxylation sites is 4. The number of rotatable bonds is 4. The Hall–Kier alpha value is -7.55. The molecule has 11 aromatic carbocycles. The molecule has 14 rings (SSSR count). The van der Waals surface area contributed by atoms with Crippen molar-refractivity contribution in [3.63, 3.8) is 0 Å². The molecule has 69 heavy (non-hydrogen) atoms. The second-order valence-electron chi connectivity index (χ2n) is 20.1. The quantitative estimate of drug-likeness (QED) is 0.128. The monoisotopic (exact) mass is 932 g/mol. The maximum absolute atomic E-state index is 2.54. The molecular weight excluding hydrogens is 885 g/mol. The van der Waals surface area contributed by atoms with E-state index in [1.165, 1.54) is 130 Å². The number of benzene rings is 11. The second kappa shape index (κ2) is 15.0. The lowest BCUT2D eigenvalue weighted by Crippen LogP contribution is -2.58. The Morgan fingerprint density at radius 2 is 0.725 bits per heavy atom. The Morgan fingerprint density at radius 3 is 1.26 bits per heavy atom. The highest BCUT2D eigenvalue weighted by molar-refractivity contribution is 7.25. The van der Waals surface area contributed by atoms with Crippen molar-refractivity contribution >= 4 is 135 Å². The molecule has 2 aliphatic rings. The van der Waals surface area contributed by atoms with Gasteiger partial charge in [0.25, 0.3) is 0 Å². The van der Waals surface area contributed by atoms with E-state index in [-0.39, 0.29) is 0 Å². The van der Waals surface area contributed by atoms with E-state index in [0.29, 0.717) is 0 Å². The van der Waals surface area contributed by atoms with Crippen molar-refractivity contribution in [1.82, 2.24) is 0 Å². The molecule has 0 bridgehead atoms. The summed E-state index contributed by atoms with van der Waals surface area (Å²) in [5.41, 5.74) is 12.4. The highest BCUT2D eigenvalue weighted by atomic mass is 32.1. The van der Waals surface area contributed by atoms with Gasteiger partial charge in [0.05, 0.1) is 0 Å². The molecule has 0 spiro atoms. The van der Waals surface area contributed by atoms with E-state index in [9.17, 15) is 0 Å². The van der Waals surface area contributed by atoms with Crippen molar-refractivity contribution in [2.45, 2.75) is 26.2 Å². The van der Waals surface area contributed by atoms with Crippen LogP contribution in [0.2, 0.25) is 26.2 Å². The number of fused-ring (bicyclic) bond motifs is 10. The summed E-state index contributed by atoms with van der Waals surface area (Å²) in [5.74, 6) is 0. The summed E-state index contributed by atoms with van der Waals surface area (Å²) in [7, 11) is -3.98. The Morgan fingerprint density at radius 1 is 0.304 bits per heavy atom. The highest BCUT2D eigenvalue weighted by Gasteiger charge is 2.40. The van der Waals surface area contributed by atoms with Gasteiger partial charge in [-0.2, -0.15) is 0 Å². The minimum atomic E-state index is -1.99. The third kappa shape index (κ3) is 5.94. The smallest absolute Gasteiger partial charge is 0.117 e. The van der Waals surface area contributed by atoms with Gasteiger partial charge in [-0.15, -0.1) is 11.3 Å². The van der Waals surface area contributed by atoms with Crippen molar-refractivity contribution < 1.29 is 0 Å². The lowest BCUT2D eigenvalue weighted by Gasteiger charge is -2.41. The largest absolute Gasteiger partial charge is 0.311 e. The van der Waals surface area contributed by atoms with E-state index in [2.05, 4.69) is 254 Å². The molecular formula is C64H48N2SSi2. The van der Waals surface area contributed by atoms with Gasteiger partial charge in [0.15, 0.2) is 0 Å². The van der Waals surface area contributed by atoms with Crippen LogP contribution in [-0.4, -0.2) is 16.1 Å². The van der Waals surface area contributed by atoms with Gasteiger partial charge in [-0.3, -0.25) is 0 Å². The van der Waals surface area contributed by atoms with Crippen molar-refractivity contribution in [3.05, 3.63) is 218 Å². The van der Waals surface area contributed by atoms with Crippen LogP contribution < -0.4 is 30.5 Å². The number of thiophene rings is 1. The lowest BCUT2D eigenvalue weighted by molar-refractivity contribution is 1.29. The highest BCUT2D eigenvalue weighted by Crippen LogP contribution is 2.50. The molecule has 0 aliphatic carbocycles. The average Bonchev–Trinajstić information content (AvgIpc) is 3.76. The van der Waals surface area contributed by atoms with Gasteiger partial charge in [0, 0.05) is 54.3 Å². The van der Waals surface area contributed by atoms with Crippen LogP contribution in [0.4, 0.5) is 34.1 Å². The van der Waals surface area contributed by atoms with Crippen molar-refractivity contribution in [3.8, 4) is 22.3 Å². The zero-order valence-electron chi connectivity index (χ0n) is 39.1. The minimum Gasteiger partial charge on any atom is -0.311 e. The van der Waals surface area contributed by atoms with Crippen LogP contribution >= 0.6 is 11.3 Å². The third-order valence-corrected chi connectivity index (χ3v) is 23.8. The Balaban J connectivity index is 1.11. The molecule has 2 aliphatic heterocycles. The molecule has 12 aromatic rings. The Bertz CT molecular complexity index is 4030. The standard InChI is InChI=1S/C64H48N2SSi2/c1-68(2)59-25-13-8-20-53(59)65(54-21-9-14-26-60(54)68)45-33-35-49-51(39-45)63(43-30-29-41-17-5-6-18-42(41)37-43)48-34-32-46(66-55-22-10-15-27-61(55)69(3,4)62-28-16-11-23-56(62)66)40-52(48)64(49)44-31-36-58-50(38-44)47-19-7-12-24-57(47)67-58/h5-40H,1-4H3. The Kier molecular flexibility index (Phi) is 8.79. The first-order chi connectivity index (χ1) is 33.7.